The number of aryl methyl sites for hydroxylation is 1. The normalized spacial score (nSPS) is 11.3. The molecule has 1 aromatic heterocycles. The van der Waals surface area contributed by atoms with Crippen LogP contribution in [0, 0.1) is 0 Å². The van der Waals surface area contributed by atoms with Crippen LogP contribution in [0.3, 0.4) is 0 Å². The van der Waals surface area contributed by atoms with Crippen LogP contribution in [-0.4, -0.2) is 22.8 Å². The summed E-state index contributed by atoms with van der Waals surface area (Å²) >= 11 is 0. The maximum absolute atomic E-state index is 5.61. The Bertz CT molecular complexity index is 310. The molecular weight excluding hydrogens is 226 g/mol. The molecule has 1 rings (SSSR count). The van der Waals surface area contributed by atoms with Gasteiger partial charge in [-0.15, -0.1) is 10.2 Å². The summed E-state index contributed by atoms with van der Waals surface area (Å²) in [5.41, 5.74) is 0. The number of rotatable bonds is 10. The molecule has 1 N–H and O–H groups in total. The summed E-state index contributed by atoms with van der Waals surface area (Å²) in [6, 6.07) is 0.506. The van der Waals surface area contributed by atoms with Gasteiger partial charge in [0.15, 0.2) is 0 Å². The summed E-state index contributed by atoms with van der Waals surface area (Å²) in [6.07, 6.45) is 8.10. The van der Waals surface area contributed by atoms with Gasteiger partial charge in [0.05, 0.1) is 0 Å². The van der Waals surface area contributed by atoms with E-state index in [2.05, 4.69) is 36.3 Å². The van der Waals surface area contributed by atoms with Crippen molar-refractivity contribution in [3.8, 4) is 0 Å². The fraction of sp³-hybridized carbons (Fsp3) is 0.857. The monoisotopic (exact) mass is 253 g/mol. The molecule has 0 saturated heterocycles. The third kappa shape index (κ3) is 6.74. The minimum absolute atomic E-state index is 0.506. The summed E-state index contributed by atoms with van der Waals surface area (Å²) in [5.74, 6) is 1.55. The third-order valence-corrected chi connectivity index (χ3v) is 2.89. The average molecular weight is 253 g/mol. The van der Waals surface area contributed by atoms with Crippen LogP contribution in [0.25, 0.3) is 0 Å². The van der Waals surface area contributed by atoms with Crippen molar-refractivity contribution < 1.29 is 4.42 Å². The van der Waals surface area contributed by atoms with Crippen molar-refractivity contribution in [3.63, 3.8) is 0 Å². The highest BCUT2D eigenvalue weighted by Crippen LogP contribution is 2.08. The molecule has 0 unspecified atom stereocenters. The summed E-state index contributed by atoms with van der Waals surface area (Å²) in [4.78, 5) is 0. The molecule has 104 valence electrons. The Morgan fingerprint density at radius 1 is 1.00 bits per heavy atom. The lowest BCUT2D eigenvalue weighted by molar-refractivity contribution is 0.432. The lowest BCUT2D eigenvalue weighted by atomic mass is 10.1. The van der Waals surface area contributed by atoms with Crippen LogP contribution >= 0.6 is 0 Å². The van der Waals surface area contributed by atoms with Gasteiger partial charge in [-0.25, -0.2) is 0 Å². The maximum Gasteiger partial charge on any atom is 0.217 e. The molecule has 0 radical (unpaired) electrons. The topological polar surface area (TPSA) is 51.0 Å². The van der Waals surface area contributed by atoms with Gasteiger partial charge in [-0.05, 0) is 6.42 Å². The Kier molecular flexibility index (Phi) is 7.65. The van der Waals surface area contributed by atoms with Crippen LogP contribution < -0.4 is 5.32 Å². The Morgan fingerprint density at radius 3 is 2.33 bits per heavy atom. The fourth-order valence-corrected chi connectivity index (χ4v) is 1.84. The molecule has 0 aliphatic heterocycles. The number of aromatic nitrogens is 2. The van der Waals surface area contributed by atoms with E-state index in [1.165, 1.54) is 25.7 Å². The van der Waals surface area contributed by atoms with Gasteiger partial charge >= 0.3 is 0 Å². The van der Waals surface area contributed by atoms with Crippen molar-refractivity contribution in [3.05, 3.63) is 11.8 Å². The number of nitrogens with one attached hydrogen (secondary N) is 1. The summed E-state index contributed by atoms with van der Waals surface area (Å²) in [5, 5.41) is 11.5. The van der Waals surface area contributed by atoms with Crippen molar-refractivity contribution in [2.24, 2.45) is 0 Å². The van der Waals surface area contributed by atoms with Gasteiger partial charge in [-0.3, -0.25) is 0 Å². The van der Waals surface area contributed by atoms with E-state index < -0.39 is 0 Å². The molecule has 0 amide bonds. The summed E-state index contributed by atoms with van der Waals surface area (Å²) in [7, 11) is 0. The molecular formula is C14H27N3O. The molecule has 0 spiro atoms. The van der Waals surface area contributed by atoms with E-state index in [9.17, 15) is 0 Å². The van der Waals surface area contributed by atoms with E-state index in [0.29, 0.717) is 6.04 Å². The fourth-order valence-electron chi connectivity index (χ4n) is 1.84. The number of nitrogens with zero attached hydrogens (tertiary/aromatic N) is 2. The van der Waals surface area contributed by atoms with E-state index in [1.54, 1.807) is 0 Å². The van der Waals surface area contributed by atoms with Gasteiger partial charge in [0.1, 0.15) is 0 Å². The minimum atomic E-state index is 0.506. The van der Waals surface area contributed by atoms with Crippen molar-refractivity contribution in [1.82, 2.24) is 15.5 Å². The van der Waals surface area contributed by atoms with Crippen LogP contribution in [0.2, 0.25) is 0 Å². The smallest absolute Gasteiger partial charge is 0.217 e. The van der Waals surface area contributed by atoms with Crippen LogP contribution in [0.1, 0.15) is 64.7 Å². The number of hydrogen-bond donors (Lipinski definition) is 1. The Hall–Kier alpha value is -0.900. The zero-order valence-electron chi connectivity index (χ0n) is 12.0. The van der Waals surface area contributed by atoms with Gasteiger partial charge in [-0.2, -0.15) is 0 Å². The minimum Gasteiger partial charge on any atom is -0.425 e. The predicted octanol–water partition coefficient (Wildman–Crippen LogP) is 3.12. The second-order valence-electron chi connectivity index (χ2n) is 5.11. The largest absolute Gasteiger partial charge is 0.425 e. The molecule has 0 atom stereocenters. The van der Waals surface area contributed by atoms with Gasteiger partial charge in [-0.1, -0.05) is 46.5 Å². The van der Waals surface area contributed by atoms with Gasteiger partial charge in [0, 0.05) is 25.4 Å². The first-order valence-corrected chi connectivity index (χ1v) is 7.27. The highest BCUT2D eigenvalue weighted by molar-refractivity contribution is 4.83. The first-order valence-electron chi connectivity index (χ1n) is 7.27. The first kappa shape index (κ1) is 15.2. The zero-order valence-corrected chi connectivity index (χ0v) is 12.0. The third-order valence-electron chi connectivity index (χ3n) is 2.89. The second-order valence-corrected chi connectivity index (χ2v) is 5.11. The Morgan fingerprint density at radius 2 is 1.67 bits per heavy atom. The van der Waals surface area contributed by atoms with Crippen LogP contribution in [-0.2, 0) is 12.8 Å². The zero-order chi connectivity index (χ0) is 13.2. The quantitative estimate of drug-likeness (QED) is 0.651. The molecule has 0 bridgehead atoms. The van der Waals surface area contributed by atoms with Crippen LogP contribution in [0.4, 0.5) is 0 Å². The molecule has 1 heterocycles. The van der Waals surface area contributed by atoms with Crippen LogP contribution in [0.5, 0.6) is 0 Å². The van der Waals surface area contributed by atoms with Crippen LogP contribution in [0.15, 0.2) is 4.42 Å². The van der Waals surface area contributed by atoms with E-state index in [4.69, 9.17) is 4.42 Å². The van der Waals surface area contributed by atoms with Gasteiger partial charge in [0.25, 0.3) is 0 Å². The molecule has 4 nitrogen and oxygen atoms in total. The molecule has 18 heavy (non-hydrogen) atoms. The first-order chi connectivity index (χ1) is 8.72. The molecule has 4 heteroatoms. The molecule has 0 saturated carbocycles. The second kappa shape index (κ2) is 9.09. The molecule has 1 aromatic rings. The lowest BCUT2D eigenvalue weighted by Crippen LogP contribution is -2.25. The van der Waals surface area contributed by atoms with Crippen molar-refractivity contribution >= 4 is 0 Å². The standard InChI is InChI=1S/C14H27N3O/c1-4-5-6-7-8-9-13-16-17-14(18-13)10-11-15-12(2)3/h12,15H,4-11H2,1-3H3. The number of hydrogen-bond acceptors (Lipinski definition) is 4. The summed E-state index contributed by atoms with van der Waals surface area (Å²) in [6.45, 7) is 7.40. The molecule has 0 aliphatic carbocycles. The molecule has 0 aliphatic rings. The van der Waals surface area contributed by atoms with E-state index in [0.717, 1.165) is 37.6 Å². The van der Waals surface area contributed by atoms with Crippen molar-refractivity contribution in [1.29, 1.82) is 0 Å². The summed E-state index contributed by atoms with van der Waals surface area (Å²) < 4.78 is 5.61. The SMILES string of the molecule is CCCCCCCc1nnc(CCNC(C)C)o1. The van der Waals surface area contributed by atoms with Crippen molar-refractivity contribution in [2.45, 2.75) is 71.8 Å². The molecule has 0 aromatic carbocycles. The van der Waals surface area contributed by atoms with Gasteiger partial charge in [0.2, 0.25) is 11.8 Å². The van der Waals surface area contributed by atoms with Gasteiger partial charge < -0.3 is 9.73 Å². The highest BCUT2D eigenvalue weighted by atomic mass is 16.4. The highest BCUT2D eigenvalue weighted by Gasteiger charge is 2.05. The Labute approximate surface area is 111 Å². The van der Waals surface area contributed by atoms with Crippen molar-refractivity contribution in [2.75, 3.05) is 6.54 Å². The predicted molar refractivity (Wildman–Crippen MR) is 73.6 cm³/mol. The van der Waals surface area contributed by atoms with E-state index >= 15 is 0 Å². The number of unbranched alkanes of at least 4 members (excludes halogenated alkanes) is 4. The van der Waals surface area contributed by atoms with E-state index in [1.807, 2.05) is 0 Å². The maximum atomic E-state index is 5.61. The van der Waals surface area contributed by atoms with E-state index in [-0.39, 0.29) is 0 Å². The average Bonchev–Trinajstić information content (AvgIpc) is 2.76. The molecule has 0 fully saturated rings. The Balaban J connectivity index is 2.13. The lowest BCUT2D eigenvalue weighted by Gasteiger charge is -2.04.